The van der Waals surface area contributed by atoms with E-state index in [2.05, 4.69) is 15.0 Å². The fourth-order valence-electron chi connectivity index (χ4n) is 2.35. The molecule has 0 spiro atoms. The summed E-state index contributed by atoms with van der Waals surface area (Å²) < 4.78 is 5.05. The second-order valence-corrected chi connectivity index (χ2v) is 5.23. The zero-order chi connectivity index (χ0) is 16.4. The molecule has 2 aromatic heterocycles. The third-order valence-electron chi connectivity index (χ3n) is 3.44. The topological polar surface area (TPSA) is 84.9 Å². The summed E-state index contributed by atoms with van der Waals surface area (Å²) in [6.45, 7) is 3.34. The molecule has 0 fully saturated rings. The summed E-state index contributed by atoms with van der Waals surface area (Å²) in [5.41, 5.74) is 3.55. The Labute approximate surface area is 132 Å². The van der Waals surface area contributed by atoms with Gasteiger partial charge < -0.3 is 9.72 Å². The molecule has 2 heterocycles. The highest BCUT2D eigenvalue weighted by Gasteiger charge is 2.16. The van der Waals surface area contributed by atoms with Crippen molar-refractivity contribution in [2.24, 2.45) is 0 Å². The Balaban J connectivity index is 1.71. The Morgan fingerprint density at radius 1 is 1.17 bits per heavy atom. The van der Waals surface area contributed by atoms with Crippen LogP contribution >= 0.6 is 0 Å². The normalized spacial score (nSPS) is 10.7. The van der Waals surface area contributed by atoms with Crippen molar-refractivity contribution in [1.29, 1.82) is 0 Å². The first-order valence-corrected chi connectivity index (χ1v) is 7.13. The van der Waals surface area contributed by atoms with Crippen molar-refractivity contribution >= 4 is 22.8 Å². The lowest BCUT2D eigenvalue weighted by molar-refractivity contribution is 0.0468. The molecule has 1 aromatic carbocycles. The predicted octanol–water partition coefficient (Wildman–Crippen LogP) is 2.61. The van der Waals surface area contributed by atoms with Crippen molar-refractivity contribution in [2.45, 2.75) is 13.8 Å². The number of fused-ring (bicyclic) bond motifs is 1. The monoisotopic (exact) mass is 309 g/mol. The standard InChI is InChI=1S/C17H15N3O3/c1-10-7-12(11(2)19-10)16(21)9-23-17(22)15-8-18-13-5-3-4-6-14(13)20-15/h3-8,19H,9H2,1-2H3. The lowest BCUT2D eigenvalue weighted by Gasteiger charge is -2.04. The summed E-state index contributed by atoms with van der Waals surface area (Å²) in [5.74, 6) is -0.921. The summed E-state index contributed by atoms with van der Waals surface area (Å²) in [4.78, 5) is 35.5. The second-order valence-electron chi connectivity index (χ2n) is 5.23. The van der Waals surface area contributed by atoms with Crippen LogP contribution < -0.4 is 0 Å². The van der Waals surface area contributed by atoms with Crippen LogP contribution in [0.15, 0.2) is 36.5 Å². The summed E-state index contributed by atoms with van der Waals surface area (Å²) in [6.07, 6.45) is 1.35. The van der Waals surface area contributed by atoms with E-state index < -0.39 is 5.97 Å². The van der Waals surface area contributed by atoms with Gasteiger partial charge in [-0.05, 0) is 32.0 Å². The van der Waals surface area contributed by atoms with Crippen molar-refractivity contribution < 1.29 is 14.3 Å². The van der Waals surface area contributed by atoms with Crippen LogP contribution in [0, 0.1) is 13.8 Å². The number of aryl methyl sites for hydroxylation is 2. The fraction of sp³-hybridized carbons (Fsp3) is 0.176. The number of ether oxygens (including phenoxy) is 1. The second kappa shape index (κ2) is 6.00. The highest BCUT2D eigenvalue weighted by molar-refractivity contribution is 6.00. The SMILES string of the molecule is Cc1cc(C(=O)COC(=O)c2cnc3ccccc3n2)c(C)[nH]1. The molecule has 6 nitrogen and oxygen atoms in total. The Hall–Kier alpha value is -3.02. The quantitative estimate of drug-likeness (QED) is 0.591. The molecule has 0 bridgehead atoms. The van der Waals surface area contributed by atoms with Gasteiger partial charge in [0.1, 0.15) is 0 Å². The van der Waals surface area contributed by atoms with Crippen LogP contribution in [0.5, 0.6) is 0 Å². The van der Waals surface area contributed by atoms with E-state index in [1.54, 1.807) is 25.1 Å². The number of aromatic amines is 1. The van der Waals surface area contributed by atoms with E-state index >= 15 is 0 Å². The number of aromatic nitrogens is 3. The van der Waals surface area contributed by atoms with Gasteiger partial charge in [-0.2, -0.15) is 0 Å². The van der Waals surface area contributed by atoms with E-state index in [9.17, 15) is 9.59 Å². The van der Waals surface area contributed by atoms with Gasteiger partial charge in [-0.25, -0.2) is 9.78 Å². The van der Waals surface area contributed by atoms with Gasteiger partial charge in [0.2, 0.25) is 5.78 Å². The fourth-order valence-corrected chi connectivity index (χ4v) is 2.35. The van der Waals surface area contributed by atoms with Gasteiger partial charge in [-0.1, -0.05) is 12.1 Å². The third-order valence-corrected chi connectivity index (χ3v) is 3.44. The number of ketones is 1. The molecule has 0 saturated heterocycles. The maximum Gasteiger partial charge on any atom is 0.359 e. The van der Waals surface area contributed by atoms with E-state index in [1.165, 1.54) is 6.20 Å². The molecule has 0 aliphatic heterocycles. The number of benzene rings is 1. The maximum absolute atomic E-state index is 12.1. The lowest BCUT2D eigenvalue weighted by atomic mass is 10.1. The van der Waals surface area contributed by atoms with E-state index in [0.717, 1.165) is 11.4 Å². The Morgan fingerprint density at radius 2 is 1.91 bits per heavy atom. The van der Waals surface area contributed by atoms with Crippen molar-refractivity contribution in [3.8, 4) is 0 Å². The van der Waals surface area contributed by atoms with Gasteiger partial charge in [0.05, 0.1) is 17.2 Å². The average molecular weight is 309 g/mol. The molecular weight excluding hydrogens is 294 g/mol. The van der Waals surface area contributed by atoms with Crippen molar-refractivity contribution in [3.05, 3.63) is 59.2 Å². The Kier molecular flexibility index (Phi) is 3.89. The van der Waals surface area contributed by atoms with Crippen LogP contribution in [0.1, 0.15) is 32.2 Å². The highest BCUT2D eigenvalue weighted by atomic mass is 16.5. The number of hydrogen-bond acceptors (Lipinski definition) is 5. The number of nitrogens with one attached hydrogen (secondary N) is 1. The smallest absolute Gasteiger partial charge is 0.359 e. The minimum atomic E-state index is -0.665. The molecule has 0 aliphatic rings. The number of hydrogen-bond donors (Lipinski definition) is 1. The molecule has 0 atom stereocenters. The van der Waals surface area contributed by atoms with Crippen LogP contribution in [0.3, 0.4) is 0 Å². The molecular formula is C17H15N3O3. The Bertz CT molecular complexity index is 899. The van der Waals surface area contributed by atoms with Gasteiger partial charge in [0.25, 0.3) is 0 Å². The van der Waals surface area contributed by atoms with Crippen LogP contribution in [0.4, 0.5) is 0 Å². The molecule has 0 radical (unpaired) electrons. The molecule has 3 aromatic rings. The number of Topliss-reactive ketones (excluding diaryl/α,β-unsaturated/α-hetero) is 1. The number of esters is 1. The largest absolute Gasteiger partial charge is 0.453 e. The van der Waals surface area contributed by atoms with Crippen LogP contribution in [0.25, 0.3) is 11.0 Å². The third kappa shape index (κ3) is 3.11. The molecule has 0 saturated carbocycles. The van der Waals surface area contributed by atoms with Crippen molar-refractivity contribution in [2.75, 3.05) is 6.61 Å². The average Bonchev–Trinajstić information content (AvgIpc) is 2.90. The van der Waals surface area contributed by atoms with E-state index in [-0.39, 0.29) is 18.1 Å². The van der Waals surface area contributed by atoms with E-state index in [4.69, 9.17) is 4.74 Å². The zero-order valence-electron chi connectivity index (χ0n) is 12.8. The maximum atomic E-state index is 12.1. The number of H-pyrrole nitrogens is 1. The predicted molar refractivity (Wildman–Crippen MR) is 84.4 cm³/mol. The molecule has 0 aliphatic carbocycles. The summed E-state index contributed by atoms with van der Waals surface area (Å²) in [6, 6.07) is 8.96. The highest BCUT2D eigenvalue weighted by Crippen LogP contribution is 2.12. The number of rotatable bonds is 4. The molecule has 3 rings (SSSR count). The minimum absolute atomic E-state index is 0.0819. The first-order chi connectivity index (χ1) is 11.0. The van der Waals surface area contributed by atoms with Gasteiger partial charge in [-0.15, -0.1) is 0 Å². The lowest BCUT2D eigenvalue weighted by Crippen LogP contribution is -2.15. The number of carbonyl (C=O) groups excluding carboxylic acids is 2. The van der Waals surface area contributed by atoms with Gasteiger partial charge >= 0.3 is 5.97 Å². The van der Waals surface area contributed by atoms with Crippen LogP contribution in [-0.4, -0.2) is 33.3 Å². The summed E-state index contributed by atoms with van der Waals surface area (Å²) in [5, 5.41) is 0. The molecule has 0 unspecified atom stereocenters. The molecule has 6 heteroatoms. The first kappa shape index (κ1) is 14.9. The number of para-hydroxylation sites is 2. The van der Waals surface area contributed by atoms with Gasteiger partial charge in [0.15, 0.2) is 12.3 Å². The molecule has 116 valence electrons. The molecule has 0 amide bonds. The van der Waals surface area contributed by atoms with E-state index in [1.807, 2.05) is 19.1 Å². The van der Waals surface area contributed by atoms with Gasteiger partial charge in [-0.3, -0.25) is 9.78 Å². The van der Waals surface area contributed by atoms with Gasteiger partial charge in [0, 0.05) is 17.0 Å². The Morgan fingerprint density at radius 3 is 2.61 bits per heavy atom. The van der Waals surface area contributed by atoms with E-state index in [0.29, 0.717) is 16.6 Å². The summed E-state index contributed by atoms with van der Waals surface area (Å²) >= 11 is 0. The van der Waals surface area contributed by atoms with Crippen LogP contribution in [-0.2, 0) is 4.74 Å². The molecule has 1 N–H and O–H groups in total. The number of carbonyl (C=O) groups is 2. The first-order valence-electron chi connectivity index (χ1n) is 7.13. The zero-order valence-corrected chi connectivity index (χ0v) is 12.8. The van der Waals surface area contributed by atoms with Crippen molar-refractivity contribution in [3.63, 3.8) is 0 Å². The summed E-state index contributed by atoms with van der Waals surface area (Å²) in [7, 11) is 0. The van der Waals surface area contributed by atoms with Crippen molar-refractivity contribution in [1.82, 2.24) is 15.0 Å². The minimum Gasteiger partial charge on any atom is -0.453 e. The van der Waals surface area contributed by atoms with Crippen LogP contribution in [0.2, 0.25) is 0 Å². The molecule has 23 heavy (non-hydrogen) atoms. The number of nitrogens with zero attached hydrogens (tertiary/aromatic N) is 2.